The Morgan fingerprint density at radius 2 is 2.07 bits per heavy atom. The Bertz CT molecular complexity index is 1200. The van der Waals surface area contributed by atoms with Gasteiger partial charge in [0, 0.05) is 24.6 Å². The van der Waals surface area contributed by atoms with Gasteiger partial charge in [0.05, 0.1) is 24.1 Å². The maximum absolute atomic E-state index is 11.9. The predicted molar refractivity (Wildman–Crippen MR) is 101 cm³/mol. The molecule has 5 rings (SSSR count). The Kier molecular flexibility index (Phi) is 3.93. The van der Waals surface area contributed by atoms with Gasteiger partial charge < -0.3 is 14.5 Å². The molecule has 9 heteroatoms. The number of fused-ring (bicyclic) bond motifs is 4. The Labute approximate surface area is 157 Å². The molecule has 0 bridgehead atoms. The number of H-pyrrole nitrogens is 1. The summed E-state index contributed by atoms with van der Waals surface area (Å²) >= 11 is 1.50. The molecule has 0 amide bonds. The van der Waals surface area contributed by atoms with Gasteiger partial charge in [0.2, 0.25) is 5.16 Å². The molecule has 1 aromatic carbocycles. The van der Waals surface area contributed by atoms with Gasteiger partial charge in [0.1, 0.15) is 0 Å². The number of aromatic nitrogens is 5. The van der Waals surface area contributed by atoms with Crippen LogP contribution in [0.15, 0.2) is 46.6 Å². The van der Waals surface area contributed by atoms with Crippen LogP contribution in [0.25, 0.3) is 16.7 Å². The van der Waals surface area contributed by atoms with E-state index in [1.54, 1.807) is 16.8 Å². The fraction of sp³-hybridized carbons (Fsp3) is 0.222. The zero-order valence-corrected chi connectivity index (χ0v) is 15.0. The average molecular weight is 381 g/mol. The molecule has 27 heavy (non-hydrogen) atoms. The zero-order valence-electron chi connectivity index (χ0n) is 14.2. The van der Waals surface area contributed by atoms with Gasteiger partial charge in [0.25, 0.3) is 11.3 Å². The predicted octanol–water partition coefficient (Wildman–Crippen LogP) is 2.42. The smallest absolute Gasteiger partial charge is 0.258 e. The Hall–Kier alpha value is -3.07. The van der Waals surface area contributed by atoms with Crippen LogP contribution in [0, 0.1) is 0 Å². The minimum Gasteiger partial charge on any atom is -0.490 e. The molecule has 0 saturated heterocycles. The molecule has 3 aromatic heterocycles. The van der Waals surface area contributed by atoms with E-state index in [9.17, 15) is 4.79 Å². The van der Waals surface area contributed by atoms with Crippen LogP contribution >= 0.6 is 11.8 Å². The zero-order chi connectivity index (χ0) is 18.2. The molecule has 1 aliphatic heterocycles. The Morgan fingerprint density at radius 3 is 3.00 bits per heavy atom. The number of rotatable bonds is 3. The summed E-state index contributed by atoms with van der Waals surface area (Å²) in [4.78, 5) is 23.2. The lowest BCUT2D eigenvalue weighted by atomic mass is 10.2. The van der Waals surface area contributed by atoms with Crippen molar-refractivity contribution in [2.45, 2.75) is 17.3 Å². The first-order valence-electron chi connectivity index (χ1n) is 8.52. The van der Waals surface area contributed by atoms with Gasteiger partial charge in [-0.1, -0.05) is 17.8 Å². The van der Waals surface area contributed by atoms with Gasteiger partial charge in [-0.25, -0.2) is 4.98 Å². The van der Waals surface area contributed by atoms with E-state index in [0.717, 1.165) is 23.5 Å². The Balaban J connectivity index is 1.42. The van der Waals surface area contributed by atoms with Crippen LogP contribution in [0.3, 0.4) is 0 Å². The minimum atomic E-state index is -0.196. The van der Waals surface area contributed by atoms with E-state index in [0.29, 0.717) is 40.8 Å². The van der Waals surface area contributed by atoms with E-state index in [1.807, 2.05) is 18.2 Å². The summed E-state index contributed by atoms with van der Waals surface area (Å²) in [6, 6.07) is 7.74. The van der Waals surface area contributed by atoms with Crippen molar-refractivity contribution in [3.63, 3.8) is 0 Å². The van der Waals surface area contributed by atoms with Crippen molar-refractivity contribution in [1.82, 2.24) is 24.6 Å². The standard InChI is InChI=1S/C18H15N5O3S/c24-16-12-9-20-17-21-18(22-23(17)13(12)4-5-19-16)27-10-11-2-3-14-15(8-11)26-7-1-6-25-14/h2-5,8-9H,1,6-7,10H2,(H,19,24). The second-order valence-electron chi connectivity index (χ2n) is 6.09. The van der Waals surface area contributed by atoms with Crippen LogP contribution in [0.2, 0.25) is 0 Å². The largest absolute Gasteiger partial charge is 0.490 e. The summed E-state index contributed by atoms with van der Waals surface area (Å²) in [5.74, 6) is 2.72. The van der Waals surface area contributed by atoms with Gasteiger partial charge in [-0.3, -0.25) is 4.79 Å². The highest BCUT2D eigenvalue weighted by Crippen LogP contribution is 2.32. The van der Waals surface area contributed by atoms with Crippen molar-refractivity contribution in [2.75, 3.05) is 13.2 Å². The third kappa shape index (κ3) is 2.99. The van der Waals surface area contributed by atoms with Crippen LogP contribution in [0.4, 0.5) is 0 Å². The molecule has 8 nitrogen and oxygen atoms in total. The number of pyridine rings is 1. The molecule has 4 heterocycles. The monoisotopic (exact) mass is 381 g/mol. The molecule has 1 aliphatic rings. The molecule has 0 saturated carbocycles. The van der Waals surface area contributed by atoms with Crippen molar-refractivity contribution < 1.29 is 9.47 Å². The molecule has 4 aromatic rings. The maximum Gasteiger partial charge on any atom is 0.258 e. The molecule has 0 radical (unpaired) electrons. The van der Waals surface area contributed by atoms with Crippen LogP contribution < -0.4 is 15.0 Å². The third-order valence-corrected chi connectivity index (χ3v) is 5.17. The first kappa shape index (κ1) is 16.1. The molecular weight excluding hydrogens is 366 g/mol. The van der Waals surface area contributed by atoms with Gasteiger partial charge in [-0.05, 0) is 23.8 Å². The van der Waals surface area contributed by atoms with E-state index in [4.69, 9.17) is 9.47 Å². The summed E-state index contributed by atoms with van der Waals surface area (Å²) in [5.41, 5.74) is 1.58. The van der Waals surface area contributed by atoms with Crippen molar-refractivity contribution in [2.24, 2.45) is 0 Å². The number of hydrogen-bond donors (Lipinski definition) is 1. The fourth-order valence-corrected chi connectivity index (χ4v) is 3.71. The number of nitrogens with zero attached hydrogens (tertiary/aromatic N) is 4. The molecule has 0 aliphatic carbocycles. The average Bonchev–Trinajstić information content (AvgIpc) is 2.97. The van der Waals surface area contributed by atoms with Crippen molar-refractivity contribution in [3.05, 3.63) is 52.6 Å². The van der Waals surface area contributed by atoms with Crippen LogP contribution in [0.1, 0.15) is 12.0 Å². The SMILES string of the molecule is O=c1[nH]ccc2c1cnc1nc(SCc3ccc4c(c3)OCCCO4)nn12. The van der Waals surface area contributed by atoms with E-state index in [-0.39, 0.29) is 5.56 Å². The number of aromatic amines is 1. The van der Waals surface area contributed by atoms with Crippen molar-refractivity contribution in [3.8, 4) is 11.5 Å². The van der Waals surface area contributed by atoms with E-state index < -0.39 is 0 Å². The first-order valence-corrected chi connectivity index (χ1v) is 9.51. The topological polar surface area (TPSA) is 94.4 Å². The molecule has 136 valence electrons. The summed E-state index contributed by atoms with van der Waals surface area (Å²) in [7, 11) is 0. The molecule has 0 atom stereocenters. The van der Waals surface area contributed by atoms with Crippen LogP contribution in [-0.4, -0.2) is 37.8 Å². The van der Waals surface area contributed by atoms with Crippen LogP contribution in [-0.2, 0) is 5.75 Å². The Morgan fingerprint density at radius 1 is 1.19 bits per heavy atom. The molecule has 0 spiro atoms. The van der Waals surface area contributed by atoms with E-state index >= 15 is 0 Å². The summed E-state index contributed by atoms with van der Waals surface area (Å²) < 4.78 is 13.0. The summed E-state index contributed by atoms with van der Waals surface area (Å²) in [5, 5.41) is 5.58. The van der Waals surface area contributed by atoms with Crippen LogP contribution in [0.5, 0.6) is 11.5 Å². The number of ether oxygens (including phenoxy) is 2. The van der Waals surface area contributed by atoms with E-state index in [2.05, 4.69) is 20.1 Å². The molecule has 1 N–H and O–H groups in total. The lowest BCUT2D eigenvalue weighted by Gasteiger charge is -2.08. The molecule has 0 fully saturated rings. The van der Waals surface area contributed by atoms with Gasteiger partial charge >= 0.3 is 0 Å². The van der Waals surface area contributed by atoms with Crippen molar-refractivity contribution >= 4 is 28.4 Å². The summed E-state index contributed by atoms with van der Waals surface area (Å²) in [6.45, 7) is 1.34. The highest BCUT2D eigenvalue weighted by Gasteiger charge is 2.13. The first-order chi connectivity index (χ1) is 13.3. The number of nitrogens with one attached hydrogen (secondary N) is 1. The number of benzene rings is 1. The fourth-order valence-electron chi connectivity index (χ4n) is 2.95. The lowest BCUT2D eigenvalue weighted by Crippen LogP contribution is -2.07. The third-order valence-electron chi connectivity index (χ3n) is 4.26. The normalized spacial score (nSPS) is 13.8. The quantitative estimate of drug-likeness (QED) is 0.545. The summed E-state index contributed by atoms with van der Waals surface area (Å²) in [6.07, 6.45) is 4.00. The molecular formula is C18H15N5O3S. The second kappa shape index (κ2) is 6.58. The lowest BCUT2D eigenvalue weighted by molar-refractivity contribution is 0.297. The highest BCUT2D eigenvalue weighted by atomic mass is 32.2. The van der Waals surface area contributed by atoms with Crippen molar-refractivity contribution in [1.29, 1.82) is 0 Å². The maximum atomic E-state index is 11.9. The minimum absolute atomic E-state index is 0.196. The number of hydrogen-bond acceptors (Lipinski definition) is 7. The highest BCUT2D eigenvalue weighted by molar-refractivity contribution is 7.98. The van der Waals surface area contributed by atoms with Gasteiger partial charge in [-0.15, -0.1) is 5.10 Å². The van der Waals surface area contributed by atoms with Gasteiger partial charge in [0.15, 0.2) is 11.5 Å². The second-order valence-corrected chi connectivity index (χ2v) is 7.03. The molecule has 0 unspecified atom stereocenters. The number of thioether (sulfide) groups is 1. The van der Waals surface area contributed by atoms with E-state index in [1.165, 1.54) is 18.0 Å². The van der Waals surface area contributed by atoms with Gasteiger partial charge in [-0.2, -0.15) is 9.50 Å².